The third kappa shape index (κ3) is 1.24. The summed E-state index contributed by atoms with van der Waals surface area (Å²) in [6.45, 7) is 0. The van der Waals surface area contributed by atoms with Crippen LogP contribution in [-0.4, -0.2) is 0 Å². The van der Waals surface area contributed by atoms with Crippen LogP contribution in [0.4, 0.5) is 0 Å². The number of hydrogen-bond donors (Lipinski definition) is 0. The van der Waals surface area contributed by atoms with Crippen molar-refractivity contribution >= 4 is 22.7 Å². The van der Waals surface area contributed by atoms with Gasteiger partial charge in [0.25, 0.3) is 0 Å². The first-order valence-corrected chi connectivity index (χ1v) is 6.56. The van der Waals surface area contributed by atoms with Gasteiger partial charge in [0.05, 0.1) is 0 Å². The Labute approximate surface area is 99.1 Å². The molecule has 4 heteroatoms. The van der Waals surface area contributed by atoms with E-state index in [1.165, 1.54) is 22.7 Å². The Bertz CT molecular complexity index is 622. The second-order valence-corrected chi connectivity index (χ2v) is 4.99. The maximum absolute atomic E-state index is 11.6. The van der Waals surface area contributed by atoms with Crippen LogP contribution in [0.25, 0.3) is 22.3 Å². The molecule has 3 aromatic rings. The lowest BCUT2D eigenvalue weighted by atomic mass is 9.92. The van der Waals surface area contributed by atoms with E-state index in [-0.39, 0.29) is 10.9 Å². The van der Waals surface area contributed by atoms with E-state index in [4.69, 9.17) is 0 Å². The molecule has 0 atom stereocenters. The van der Waals surface area contributed by atoms with Crippen molar-refractivity contribution in [1.82, 2.24) is 0 Å². The van der Waals surface area contributed by atoms with E-state index in [1.54, 1.807) is 0 Å². The number of hydrogen-bond acceptors (Lipinski definition) is 4. The SMILES string of the molecule is O=c1c(-c2ccsc2)c(-c2ccsc2)c1=O. The summed E-state index contributed by atoms with van der Waals surface area (Å²) in [5, 5.41) is 7.60. The topological polar surface area (TPSA) is 34.1 Å². The maximum atomic E-state index is 11.6. The summed E-state index contributed by atoms with van der Waals surface area (Å²) < 4.78 is 0. The fourth-order valence-electron chi connectivity index (χ4n) is 1.76. The summed E-state index contributed by atoms with van der Waals surface area (Å²) in [5.41, 5.74) is 2.14. The molecule has 0 N–H and O–H groups in total. The summed E-state index contributed by atoms with van der Waals surface area (Å²) in [4.78, 5) is 23.1. The van der Waals surface area contributed by atoms with E-state index >= 15 is 0 Å². The van der Waals surface area contributed by atoms with Crippen LogP contribution in [0.15, 0.2) is 43.2 Å². The average Bonchev–Trinajstić information content (AvgIpc) is 2.96. The number of thiophene rings is 2. The van der Waals surface area contributed by atoms with E-state index in [1.807, 2.05) is 33.7 Å². The van der Waals surface area contributed by atoms with Gasteiger partial charge in [-0.2, -0.15) is 22.7 Å². The van der Waals surface area contributed by atoms with Gasteiger partial charge in [-0.3, -0.25) is 9.59 Å². The van der Waals surface area contributed by atoms with Crippen molar-refractivity contribution < 1.29 is 0 Å². The highest BCUT2D eigenvalue weighted by Gasteiger charge is 2.23. The van der Waals surface area contributed by atoms with Gasteiger partial charge in [-0.15, -0.1) is 0 Å². The highest BCUT2D eigenvalue weighted by atomic mass is 32.1. The highest BCUT2D eigenvalue weighted by Crippen LogP contribution is 2.30. The zero-order chi connectivity index (χ0) is 11.1. The molecule has 0 radical (unpaired) electrons. The van der Waals surface area contributed by atoms with Crippen molar-refractivity contribution in [2.45, 2.75) is 0 Å². The molecular formula is C12H6O2S2. The van der Waals surface area contributed by atoms with Gasteiger partial charge in [0.1, 0.15) is 0 Å². The second-order valence-electron chi connectivity index (χ2n) is 3.43. The zero-order valence-corrected chi connectivity index (χ0v) is 9.73. The Balaban J connectivity index is 2.26. The summed E-state index contributed by atoms with van der Waals surface area (Å²) >= 11 is 3.05. The predicted octanol–water partition coefficient (Wildman–Crippen LogP) is 2.74. The van der Waals surface area contributed by atoms with Crippen LogP contribution in [-0.2, 0) is 0 Å². The van der Waals surface area contributed by atoms with Crippen LogP contribution in [0.3, 0.4) is 0 Å². The van der Waals surface area contributed by atoms with Gasteiger partial charge in [-0.1, -0.05) is 0 Å². The Morgan fingerprint density at radius 1 is 0.750 bits per heavy atom. The monoisotopic (exact) mass is 246 g/mol. The minimum Gasteiger partial charge on any atom is -0.285 e. The fourth-order valence-corrected chi connectivity index (χ4v) is 3.05. The summed E-state index contributed by atoms with van der Waals surface area (Å²) in [7, 11) is 0. The highest BCUT2D eigenvalue weighted by molar-refractivity contribution is 7.08. The molecule has 1 aromatic carbocycles. The lowest BCUT2D eigenvalue weighted by molar-refractivity contribution is 1.42. The smallest absolute Gasteiger partial charge is 0.234 e. The van der Waals surface area contributed by atoms with Crippen molar-refractivity contribution in [2.24, 2.45) is 0 Å². The Morgan fingerprint density at radius 2 is 1.19 bits per heavy atom. The van der Waals surface area contributed by atoms with E-state index in [0.717, 1.165) is 11.1 Å². The van der Waals surface area contributed by atoms with Crippen LogP contribution >= 0.6 is 22.7 Å². The van der Waals surface area contributed by atoms with E-state index in [0.29, 0.717) is 11.1 Å². The van der Waals surface area contributed by atoms with Gasteiger partial charge in [0.2, 0.25) is 10.9 Å². The normalized spacial score (nSPS) is 11.0. The third-order valence-corrected chi connectivity index (χ3v) is 3.90. The summed E-state index contributed by atoms with van der Waals surface area (Å²) in [6, 6.07) is 3.74. The molecule has 0 saturated carbocycles. The van der Waals surface area contributed by atoms with Crippen molar-refractivity contribution in [2.75, 3.05) is 0 Å². The molecule has 2 nitrogen and oxygen atoms in total. The fraction of sp³-hybridized carbons (Fsp3) is 0. The molecule has 0 aliphatic rings. The van der Waals surface area contributed by atoms with E-state index in [9.17, 15) is 9.59 Å². The molecular weight excluding hydrogens is 240 g/mol. The molecule has 0 bridgehead atoms. The van der Waals surface area contributed by atoms with Crippen molar-refractivity contribution in [3.63, 3.8) is 0 Å². The molecule has 0 spiro atoms. The van der Waals surface area contributed by atoms with Gasteiger partial charge in [0.15, 0.2) is 0 Å². The second kappa shape index (κ2) is 3.50. The molecule has 3 rings (SSSR count). The Kier molecular flexibility index (Phi) is 2.12. The molecule has 16 heavy (non-hydrogen) atoms. The van der Waals surface area contributed by atoms with Crippen LogP contribution in [0.5, 0.6) is 0 Å². The van der Waals surface area contributed by atoms with Crippen molar-refractivity contribution in [3.8, 4) is 22.3 Å². The van der Waals surface area contributed by atoms with Crippen molar-refractivity contribution in [1.29, 1.82) is 0 Å². The first-order chi connectivity index (χ1) is 7.79. The van der Waals surface area contributed by atoms with Gasteiger partial charge in [-0.05, 0) is 44.8 Å². The molecule has 0 saturated heterocycles. The molecule has 0 aliphatic heterocycles. The molecule has 0 fully saturated rings. The van der Waals surface area contributed by atoms with Gasteiger partial charge < -0.3 is 0 Å². The zero-order valence-electron chi connectivity index (χ0n) is 8.10. The Hall–Kier alpha value is -1.52. The summed E-state index contributed by atoms with van der Waals surface area (Å²) in [6.07, 6.45) is 0. The quantitative estimate of drug-likeness (QED) is 0.651. The van der Waals surface area contributed by atoms with Crippen molar-refractivity contribution in [3.05, 3.63) is 54.1 Å². The Morgan fingerprint density at radius 3 is 1.50 bits per heavy atom. The molecule has 0 amide bonds. The average molecular weight is 246 g/mol. The third-order valence-electron chi connectivity index (χ3n) is 2.53. The molecule has 2 heterocycles. The summed E-state index contributed by atoms with van der Waals surface area (Å²) in [5.74, 6) is 0. The molecule has 78 valence electrons. The van der Waals surface area contributed by atoms with Gasteiger partial charge in [-0.25, -0.2) is 0 Å². The maximum Gasteiger partial charge on any atom is 0.234 e. The first-order valence-electron chi connectivity index (χ1n) is 4.67. The van der Waals surface area contributed by atoms with Gasteiger partial charge >= 0.3 is 0 Å². The van der Waals surface area contributed by atoms with E-state index < -0.39 is 0 Å². The van der Waals surface area contributed by atoms with Crippen LogP contribution < -0.4 is 10.9 Å². The van der Waals surface area contributed by atoms with E-state index in [2.05, 4.69) is 0 Å². The number of rotatable bonds is 2. The minimum absolute atomic E-state index is 0.361. The molecule has 0 unspecified atom stereocenters. The van der Waals surface area contributed by atoms with Crippen LogP contribution in [0.2, 0.25) is 0 Å². The lowest BCUT2D eigenvalue weighted by Gasteiger charge is -2.07. The van der Waals surface area contributed by atoms with Gasteiger partial charge in [0, 0.05) is 11.1 Å². The predicted molar refractivity (Wildman–Crippen MR) is 68.0 cm³/mol. The van der Waals surface area contributed by atoms with Crippen LogP contribution in [0.1, 0.15) is 0 Å². The lowest BCUT2D eigenvalue weighted by Crippen LogP contribution is -2.34. The largest absolute Gasteiger partial charge is 0.285 e. The standard InChI is InChI=1S/C12H6O2S2/c13-11-9(7-1-3-15-5-7)10(12(11)14)8-2-4-16-6-8/h1-6H. The molecule has 2 aromatic heterocycles. The molecule has 0 aliphatic carbocycles. The minimum atomic E-state index is -0.361. The van der Waals surface area contributed by atoms with Crippen LogP contribution in [0, 0.1) is 0 Å². The first kappa shape index (κ1) is 9.69.